The summed E-state index contributed by atoms with van der Waals surface area (Å²) in [6.45, 7) is 9.11. The Labute approximate surface area is 198 Å². The minimum Gasteiger partial charge on any atom is -0.378 e. The summed E-state index contributed by atoms with van der Waals surface area (Å²) in [6.07, 6.45) is 3.71. The van der Waals surface area contributed by atoms with E-state index < -0.39 is 27.6 Å². The van der Waals surface area contributed by atoms with Gasteiger partial charge < -0.3 is 4.90 Å². The zero-order valence-corrected chi connectivity index (χ0v) is 21.7. The van der Waals surface area contributed by atoms with Gasteiger partial charge >= 0.3 is 0 Å². The molecule has 33 heavy (non-hydrogen) atoms. The van der Waals surface area contributed by atoms with Crippen molar-refractivity contribution in [2.24, 2.45) is 13.0 Å². The van der Waals surface area contributed by atoms with E-state index in [-0.39, 0.29) is 17.4 Å². The Hall–Kier alpha value is -2.49. The summed E-state index contributed by atoms with van der Waals surface area (Å²) in [4.78, 5) is 20.7. The van der Waals surface area contributed by atoms with Crippen LogP contribution in [0.25, 0.3) is 0 Å². The van der Waals surface area contributed by atoms with E-state index in [9.17, 15) is 13.2 Å². The number of hydrogen-bond acceptors (Lipinski definition) is 5. The van der Waals surface area contributed by atoms with Crippen LogP contribution in [0.5, 0.6) is 0 Å². The van der Waals surface area contributed by atoms with E-state index in [1.807, 2.05) is 89.8 Å². The van der Waals surface area contributed by atoms with Crippen LogP contribution >= 0.6 is 0 Å². The second-order valence-electron chi connectivity index (χ2n) is 9.69. The number of benzene rings is 1. The first kappa shape index (κ1) is 26.8. The number of sulfonamides is 1. The molecule has 9 heteroatoms. The van der Waals surface area contributed by atoms with Crippen LogP contribution in [-0.2, 0) is 33.2 Å². The van der Waals surface area contributed by atoms with Crippen molar-refractivity contribution >= 4 is 21.6 Å². The summed E-state index contributed by atoms with van der Waals surface area (Å²) in [6, 6.07) is 9.36. The minimum absolute atomic E-state index is 0.0399. The van der Waals surface area contributed by atoms with Gasteiger partial charge in [0.05, 0.1) is 10.5 Å². The topological polar surface area (TPSA) is 82.8 Å². The van der Waals surface area contributed by atoms with Gasteiger partial charge in [-0.25, -0.2) is 18.5 Å². The molecule has 1 heterocycles. The highest BCUT2D eigenvalue weighted by Gasteiger charge is 2.39. The summed E-state index contributed by atoms with van der Waals surface area (Å²) in [5.41, 5.74) is 3.51. The molecule has 0 saturated heterocycles. The zero-order chi connectivity index (χ0) is 25.0. The van der Waals surface area contributed by atoms with Crippen molar-refractivity contribution in [1.29, 1.82) is 0 Å². The van der Waals surface area contributed by atoms with Crippen LogP contribution in [-0.4, -0.2) is 44.4 Å². The highest BCUT2D eigenvalue weighted by molar-refractivity contribution is 7.89. The largest absolute Gasteiger partial charge is 0.378 e. The molecule has 0 fully saturated rings. The number of carbonyl (C=O) groups excluding carboxylic acids is 1. The molecule has 1 aromatic carbocycles. The number of hydroxylamine groups is 1. The van der Waals surface area contributed by atoms with Crippen LogP contribution in [0.15, 0.2) is 53.7 Å². The first-order valence-corrected chi connectivity index (χ1v) is 12.4. The first-order valence-electron chi connectivity index (χ1n) is 10.9. The Morgan fingerprint density at radius 2 is 1.73 bits per heavy atom. The molecule has 0 aliphatic carbocycles. The molecule has 0 radical (unpaired) electrons. The maximum atomic E-state index is 13.8. The van der Waals surface area contributed by atoms with Crippen LogP contribution < -0.4 is 14.9 Å². The van der Waals surface area contributed by atoms with Crippen molar-refractivity contribution in [2.75, 3.05) is 19.0 Å². The Bertz CT molecular complexity index is 1040. The second-order valence-corrected chi connectivity index (χ2v) is 11.6. The highest BCUT2D eigenvalue weighted by Crippen LogP contribution is 2.26. The van der Waals surface area contributed by atoms with Crippen molar-refractivity contribution in [3.05, 3.63) is 54.4 Å². The molecule has 2 rings (SSSR count). The number of amides is 1. The number of nitrogens with zero attached hydrogens (tertiary/aromatic N) is 3. The Balaban J connectivity index is 2.53. The van der Waals surface area contributed by atoms with Gasteiger partial charge in [-0.15, -0.1) is 0 Å². The van der Waals surface area contributed by atoms with Crippen LogP contribution in [0, 0.1) is 5.92 Å². The Morgan fingerprint density at radius 1 is 1.12 bits per heavy atom. The molecule has 0 unspecified atom stereocenters. The lowest BCUT2D eigenvalue weighted by molar-refractivity contribution is -0.672. The van der Waals surface area contributed by atoms with Gasteiger partial charge in [-0.1, -0.05) is 13.8 Å². The maximum absolute atomic E-state index is 13.8. The fraction of sp³-hybridized carbons (Fsp3) is 0.500. The Morgan fingerprint density at radius 3 is 2.21 bits per heavy atom. The quantitative estimate of drug-likeness (QED) is 0.444. The lowest BCUT2D eigenvalue weighted by atomic mass is 10.0. The van der Waals surface area contributed by atoms with Gasteiger partial charge in [-0.3, -0.25) is 9.63 Å². The number of anilines is 1. The van der Waals surface area contributed by atoms with E-state index in [4.69, 9.17) is 4.84 Å². The van der Waals surface area contributed by atoms with Gasteiger partial charge in [-0.2, -0.15) is 4.31 Å². The number of pyridine rings is 1. The number of nitrogens with one attached hydrogen (secondary N) is 1. The standard InChI is InChI=1S/C24H36N4O4S/c1-18(2)22(23(29)25-32-24(3,4)5)28(17-19-10-9-15-27(8)16-19)33(30,31)21-13-11-20(12-14-21)26(6)7/h9-16,18,22H,17H2,1-8H3/p+1/t22-/m1/s1. The molecule has 0 saturated carbocycles. The summed E-state index contributed by atoms with van der Waals surface area (Å²) < 4.78 is 30.8. The summed E-state index contributed by atoms with van der Waals surface area (Å²) in [5.74, 6) is -0.810. The van der Waals surface area contributed by atoms with Crippen molar-refractivity contribution in [3.63, 3.8) is 0 Å². The fourth-order valence-corrected chi connectivity index (χ4v) is 5.05. The van der Waals surface area contributed by atoms with Gasteiger partial charge in [0.2, 0.25) is 10.0 Å². The van der Waals surface area contributed by atoms with Crippen LogP contribution in [0.3, 0.4) is 0 Å². The molecule has 1 N–H and O–H groups in total. The van der Waals surface area contributed by atoms with E-state index in [0.717, 1.165) is 11.3 Å². The van der Waals surface area contributed by atoms with Gasteiger partial charge in [0.15, 0.2) is 12.4 Å². The van der Waals surface area contributed by atoms with E-state index in [1.54, 1.807) is 24.3 Å². The molecule has 2 aromatic rings. The minimum atomic E-state index is -4.01. The number of aryl methyl sites for hydroxylation is 1. The molecule has 1 amide bonds. The van der Waals surface area contributed by atoms with Gasteiger partial charge in [0, 0.05) is 38.0 Å². The predicted molar refractivity (Wildman–Crippen MR) is 129 cm³/mol. The number of aromatic nitrogens is 1. The van der Waals surface area contributed by atoms with Gasteiger partial charge in [-0.05, 0) is 57.0 Å². The third kappa shape index (κ3) is 7.25. The molecule has 182 valence electrons. The smallest absolute Gasteiger partial charge is 0.262 e. The normalized spacial score (nSPS) is 13.3. The van der Waals surface area contributed by atoms with E-state index in [2.05, 4.69) is 5.48 Å². The monoisotopic (exact) mass is 477 g/mol. The van der Waals surface area contributed by atoms with Crippen molar-refractivity contribution in [2.45, 2.75) is 57.7 Å². The molecule has 1 aromatic heterocycles. The summed E-state index contributed by atoms with van der Waals surface area (Å²) in [5, 5.41) is 0. The molecule has 1 atom stereocenters. The van der Waals surface area contributed by atoms with Crippen LogP contribution in [0.4, 0.5) is 5.69 Å². The fourth-order valence-electron chi connectivity index (χ4n) is 3.34. The van der Waals surface area contributed by atoms with Crippen molar-refractivity contribution < 1.29 is 22.6 Å². The lowest BCUT2D eigenvalue weighted by Gasteiger charge is -2.33. The molecular weight excluding hydrogens is 440 g/mol. The van der Waals surface area contributed by atoms with E-state index in [0.29, 0.717) is 0 Å². The average Bonchev–Trinajstić information content (AvgIpc) is 2.71. The number of carbonyl (C=O) groups is 1. The highest BCUT2D eigenvalue weighted by atomic mass is 32.2. The van der Waals surface area contributed by atoms with Crippen LogP contribution in [0.1, 0.15) is 40.2 Å². The molecule has 8 nitrogen and oxygen atoms in total. The second kappa shape index (κ2) is 10.6. The number of rotatable bonds is 9. The molecular formula is C24H37N4O4S+. The van der Waals surface area contributed by atoms with E-state index in [1.165, 1.54) is 4.31 Å². The Kier molecular flexibility index (Phi) is 8.62. The first-order chi connectivity index (χ1) is 15.2. The van der Waals surface area contributed by atoms with E-state index >= 15 is 0 Å². The predicted octanol–water partition coefficient (Wildman–Crippen LogP) is 2.64. The number of hydrogen-bond donors (Lipinski definition) is 1. The molecule has 0 bridgehead atoms. The zero-order valence-electron chi connectivity index (χ0n) is 20.9. The van der Waals surface area contributed by atoms with Gasteiger partial charge in [0.25, 0.3) is 5.91 Å². The van der Waals surface area contributed by atoms with Crippen molar-refractivity contribution in [1.82, 2.24) is 9.79 Å². The molecule has 0 spiro atoms. The summed E-state index contributed by atoms with van der Waals surface area (Å²) >= 11 is 0. The maximum Gasteiger partial charge on any atom is 0.262 e. The third-order valence-corrected chi connectivity index (χ3v) is 6.81. The van der Waals surface area contributed by atoms with Gasteiger partial charge in [0.1, 0.15) is 13.1 Å². The summed E-state index contributed by atoms with van der Waals surface area (Å²) in [7, 11) is 1.64. The SMILES string of the molecule is CC(C)[C@H](C(=O)NOC(C)(C)C)N(Cc1ccc[n+](C)c1)S(=O)(=O)c1ccc(N(C)C)cc1. The average molecular weight is 478 g/mol. The molecule has 0 aliphatic heterocycles. The lowest BCUT2D eigenvalue weighted by Crippen LogP contribution is -2.53. The van der Waals surface area contributed by atoms with Crippen LogP contribution in [0.2, 0.25) is 0 Å². The molecule has 0 aliphatic rings. The third-order valence-electron chi connectivity index (χ3n) is 4.97. The van der Waals surface area contributed by atoms with Crippen molar-refractivity contribution in [3.8, 4) is 0 Å².